The molecule has 0 saturated heterocycles. The minimum Gasteiger partial charge on any atom is -0.379 e. The van der Waals surface area contributed by atoms with Gasteiger partial charge in [-0.1, -0.05) is 30.3 Å². The third kappa shape index (κ3) is 4.33. The Morgan fingerprint density at radius 2 is 1.72 bits per heavy atom. The number of carbonyl (C=O) groups is 2. The SMILES string of the molecule is CNC(=O)c1ccc(-c2ccc3cc(C(=O)NCCC4c5c(C)ccc(F)c5NC4C)[nH]c3c2)cc1. The van der Waals surface area contributed by atoms with E-state index in [1.54, 1.807) is 19.2 Å². The summed E-state index contributed by atoms with van der Waals surface area (Å²) >= 11 is 0. The predicted octanol–water partition coefficient (Wildman–Crippen LogP) is 5.36. The number of halogens is 1. The van der Waals surface area contributed by atoms with E-state index in [-0.39, 0.29) is 29.6 Å². The van der Waals surface area contributed by atoms with Crippen molar-refractivity contribution in [2.24, 2.45) is 0 Å². The quantitative estimate of drug-likeness (QED) is 0.297. The Morgan fingerprint density at radius 3 is 2.47 bits per heavy atom. The van der Waals surface area contributed by atoms with E-state index in [9.17, 15) is 14.0 Å². The Hall–Kier alpha value is -4.13. The molecule has 5 rings (SSSR count). The molecule has 0 bridgehead atoms. The van der Waals surface area contributed by atoms with Gasteiger partial charge in [-0.25, -0.2) is 4.39 Å². The van der Waals surface area contributed by atoms with E-state index in [1.165, 1.54) is 6.07 Å². The minimum atomic E-state index is -0.228. The fourth-order valence-electron chi connectivity index (χ4n) is 5.12. The molecule has 7 heteroatoms. The molecule has 0 radical (unpaired) electrons. The second-order valence-electron chi connectivity index (χ2n) is 9.38. The molecule has 36 heavy (non-hydrogen) atoms. The Kier molecular flexibility index (Phi) is 6.22. The van der Waals surface area contributed by atoms with Gasteiger partial charge in [0, 0.05) is 42.0 Å². The van der Waals surface area contributed by atoms with Crippen LogP contribution in [-0.2, 0) is 0 Å². The summed E-state index contributed by atoms with van der Waals surface area (Å²) in [6, 6.07) is 18.6. The van der Waals surface area contributed by atoms with Crippen molar-refractivity contribution < 1.29 is 14.0 Å². The molecule has 3 aromatic carbocycles. The number of aryl methyl sites for hydroxylation is 1. The maximum Gasteiger partial charge on any atom is 0.267 e. The van der Waals surface area contributed by atoms with Gasteiger partial charge in [0.05, 0.1) is 5.69 Å². The molecule has 2 amide bonds. The lowest BCUT2D eigenvalue weighted by atomic mass is 9.89. The van der Waals surface area contributed by atoms with Gasteiger partial charge in [-0.05, 0) is 72.9 Å². The van der Waals surface area contributed by atoms with Crippen LogP contribution in [0.5, 0.6) is 0 Å². The van der Waals surface area contributed by atoms with Crippen LogP contribution in [0.4, 0.5) is 10.1 Å². The van der Waals surface area contributed by atoms with Crippen LogP contribution in [0.3, 0.4) is 0 Å². The molecular weight excluding hydrogens is 455 g/mol. The van der Waals surface area contributed by atoms with Crippen LogP contribution in [0.1, 0.15) is 51.2 Å². The van der Waals surface area contributed by atoms with E-state index in [4.69, 9.17) is 0 Å². The first kappa shape index (κ1) is 23.6. The molecule has 1 aliphatic heterocycles. The normalized spacial score (nSPS) is 16.4. The first-order chi connectivity index (χ1) is 17.4. The van der Waals surface area contributed by atoms with Gasteiger partial charge in [0.2, 0.25) is 0 Å². The highest BCUT2D eigenvalue weighted by molar-refractivity contribution is 5.99. The number of fused-ring (bicyclic) bond motifs is 2. The summed E-state index contributed by atoms with van der Waals surface area (Å²) < 4.78 is 14.2. The van der Waals surface area contributed by atoms with Gasteiger partial charge in [0.1, 0.15) is 11.5 Å². The molecule has 2 heterocycles. The summed E-state index contributed by atoms with van der Waals surface area (Å²) in [5.41, 5.74) is 6.60. The highest BCUT2D eigenvalue weighted by Crippen LogP contribution is 2.41. The zero-order valence-corrected chi connectivity index (χ0v) is 20.5. The topological polar surface area (TPSA) is 86.0 Å². The monoisotopic (exact) mass is 484 g/mol. The molecular formula is C29H29FN4O2. The number of aromatic amines is 1. The lowest BCUT2D eigenvalue weighted by Crippen LogP contribution is -2.27. The Balaban J connectivity index is 1.26. The van der Waals surface area contributed by atoms with Crippen LogP contribution in [0, 0.1) is 12.7 Å². The van der Waals surface area contributed by atoms with Gasteiger partial charge in [0.15, 0.2) is 0 Å². The molecule has 4 N–H and O–H groups in total. The van der Waals surface area contributed by atoms with Crippen LogP contribution in [0.2, 0.25) is 0 Å². The zero-order chi connectivity index (χ0) is 25.4. The van der Waals surface area contributed by atoms with E-state index in [0.29, 0.717) is 29.9 Å². The van der Waals surface area contributed by atoms with Gasteiger partial charge >= 0.3 is 0 Å². The average molecular weight is 485 g/mol. The maximum atomic E-state index is 14.2. The average Bonchev–Trinajstić information content (AvgIpc) is 3.47. The second kappa shape index (κ2) is 9.49. The Labute approximate surface area is 209 Å². The number of H-pyrrole nitrogens is 1. The van der Waals surface area contributed by atoms with Crippen molar-refractivity contribution in [3.8, 4) is 11.1 Å². The summed E-state index contributed by atoms with van der Waals surface area (Å²) in [6.07, 6.45) is 0.716. The zero-order valence-electron chi connectivity index (χ0n) is 20.5. The molecule has 1 aromatic heterocycles. The first-order valence-corrected chi connectivity index (χ1v) is 12.1. The lowest BCUT2D eigenvalue weighted by Gasteiger charge is -2.17. The van der Waals surface area contributed by atoms with Gasteiger partial charge in [-0.2, -0.15) is 0 Å². The molecule has 0 saturated carbocycles. The summed E-state index contributed by atoms with van der Waals surface area (Å²) in [4.78, 5) is 27.9. The van der Waals surface area contributed by atoms with Gasteiger partial charge in [-0.3, -0.25) is 9.59 Å². The van der Waals surface area contributed by atoms with E-state index in [2.05, 4.69) is 20.9 Å². The molecule has 0 aliphatic carbocycles. The van der Waals surface area contributed by atoms with Gasteiger partial charge < -0.3 is 20.9 Å². The second-order valence-corrected chi connectivity index (χ2v) is 9.38. The number of hydrogen-bond acceptors (Lipinski definition) is 3. The van der Waals surface area contributed by atoms with Crippen molar-refractivity contribution >= 4 is 28.4 Å². The summed E-state index contributed by atoms with van der Waals surface area (Å²) in [5, 5.41) is 9.84. The third-order valence-corrected chi connectivity index (χ3v) is 7.07. The highest BCUT2D eigenvalue weighted by Gasteiger charge is 2.32. The van der Waals surface area contributed by atoms with Crippen molar-refractivity contribution in [3.63, 3.8) is 0 Å². The maximum absolute atomic E-state index is 14.2. The summed E-state index contributed by atoms with van der Waals surface area (Å²) in [6.45, 7) is 4.54. The standard InChI is InChI=1S/C29H29FN4O2/c1-16-4-11-23(30)27-26(16)22(17(2)33-27)12-13-32-29(36)25-15-21-10-9-20(14-24(21)34-25)18-5-7-19(8-6-18)28(35)31-3/h4-11,14-15,17,22,33-34H,12-13H2,1-3H3,(H,31,35)(H,32,36). The van der Waals surface area contributed by atoms with Crippen LogP contribution in [-0.4, -0.2) is 36.4 Å². The number of nitrogens with one attached hydrogen (secondary N) is 4. The minimum absolute atomic E-state index is 0.101. The number of hydrogen-bond donors (Lipinski definition) is 4. The largest absolute Gasteiger partial charge is 0.379 e. The van der Waals surface area contributed by atoms with E-state index in [1.807, 2.05) is 56.3 Å². The highest BCUT2D eigenvalue weighted by atomic mass is 19.1. The third-order valence-electron chi connectivity index (χ3n) is 7.07. The lowest BCUT2D eigenvalue weighted by molar-refractivity contribution is 0.0944. The van der Waals surface area contributed by atoms with Crippen molar-refractivity contribution in [2.45, 2.75) is 32.2 Å². The van der Waals surface area contributed by atoms with E-state index >= 15 is 0 Å². The molecule has 1 aliphatic rings. The molecule has 2 atom stereocenters. The first-order valence-electron chi connectivity index (χ1n) is 12.1. The van der Waals surface area contributed by atoms with Crippen LogP contribution in [0.15, 0.2) is 60.7 Å². The number of rotatable bonds is 6. The van der Waals surface area contributed by atoms with Crippen molar-refractivity contribution in [3.05, 3.63) is 88.9 Å². The van der Waals surface area contributed by atoms with Crippen molar-refractivity contribution in [1.29, 1.82) is 0 Å². The molecule has 0 spiro atoms. The molecule has 4 aromatic rings. The fourth-order valence-corrected chi connectivity index (χ4v) is 5.12. The predicted molar refractivity (Wildman–Crippen MR) is 141 cm³/mol. The van der Waals surface area contributed by atoms with Crippen molar-refractivity contribution in [2.75, 3.05) is 18.9 Å². The Morgan fingerprint density at radius 1 is 0.972 bits per heavy atom. The molecule has 6 nitrogen and oxygen atoms in total. The Bertz CT molecular complexity index is 1460. The number of aromatic nitrogens is 1. The summed E-state index contributed by atoms with van der Waals surface area (Å²) in [5.74, 6) is -0.385. The summed E-state index contributed by atoms with van der Waals surface area (Å²) in [7, 11) is 1.61. The fraction of sp³-hybridized carbons (Fsp3) is 0.241. The number of amides is 2. The van der Waals surface area contributed by atoms with E-state index in [0.717, 1.165) is 33.2 Å². The number of benzene rings is 3. The van der Waals surface area contributed by atoms with Gasteiger partial charge in [-0.15, -0.1) is 0 Å². The molecule has 184 valence electrons. The van der Waals surface area contributed by atoms with Crippen LogP contribution < -0.4 is 16.0 Å². The number of carbonyl (C=O) groups excluding carboxylic acids is 2. The van der Waals surface area contributed by atoms with Crippen LogP contribution in [0.25, 0.3) is 22.0 Å². The number of anilines is 1. The van der Waals surface area contributed by atoms with Crippen LogP contribution >= 0.6 is 0 Å². The smallest absolute Gasteiger partial charge is 0.267 e. The van der Waals surface area contributed by atoms with Crippen molar-refractivity contribution in [1.82, 2.24) is 15.6 Å². The molecule has 2 unspecified atom stereocenters. The molecule has 0 fully saturated rings. The van der Waals surface area contributed by atoms with E-state index < -0.39 is 0 Å². The van der Waals surface area contributed by atoms with Gasteiger partial charge in [0.25, 0.3) is 11.8 Å².